The number of anilines is 1. The second kappa shape index (κ2) is 15.1. The molecule has 1 aliphatic rings. The van der Waals surface area contributed by atoms with Gasteiger partial charge in [-0.3, -0.25) is 24.1 Å². The zero-order chi connectivity index (χ0) is 27.4. The summed E-state index contributed by atoms with van der Waals surface area (Å²) in [5.41, 5.74) is 2.31. The highest BCUT2D eigenvalue weighted by Gasteiger charge is 2.32. The van der Waals surface area contributed by atoms with Crippen LogP contribution in [0.3, 0.4) is 0 Å². The van der Waals surface area contributed by atoms with Crippen molar-refractivity contribution in [1.82, 2.24) is 19.8 Å². The van der Waals surface area contributed by atoms with Gasteiger partial charge in [-0.2, -0.15) is 5.10 Å². The summed E-state index contributed by atoms with van der Waals surface area (Å²) >= 11 is 0. The van der Waals surface area contributed by atoms with Gasteiger partial charge in [-0.25, -0.2) is 5.06 Å². The number of hydroxylamine groups is 2. The lowest BCUT2D eigenvalue weighted by Crippen LogP contribution is -2.36. The smallest absolute Gasteiger partial charge is 0.315 e. The van der Waals surface area contributed by atoms with Crippen LogP contribution >= 0.6 is 0 Å². The molecular formula is C26H39N5O6. The maximum atomic E-state index is 13.0. The summed E-state index contributed by atoms with van der Waals surface area (Å²) in [5.74, 6) is -0.463. The molecule has 37 heavy (non-hydrogen) atoms. The fraction of sp³-hybridized carbons (Fsp3) is 0.538. The lowest BCUT2D eigenvalue weighted by Gasteiger charge is -2.27. The normalized spacial score (nSPS) is 15.1. The summed E-state index contributed by atoms with van der Waals surface area (Å²) in [6.45, 7) is 7.98. The van der Waals surface area contributed by atoms with Crippen molar-refractivity contribution in [1.29, 1.82) is 0 Å². The predicted octanol–water partition coefficient (Wildman–Crippen LogP) is 4.07. The van der Waals surface area contributed by atoms with Crippen LogP contribution < -0.4 is 4.90 Å². The van der Waals surface area contributed by atoms with Gasteiger partial charge in [0.1, 0.15) is 5.69 Å². The number of rotatable bonds is 7. The number of hydrogen-bond donors (Lipinski definition) is 0. The molecule has 1 unspecified atom stereocenters. The summed E-state index contributed by atoms with van der Waals surface area (Å²) in [7, 11) is 6.39. The first-order valence-corrected chi connectivity index (χ1v) is 12.5. The lowest BCUT2D eigenvalue weighted by atomic mass is 10.1. The number of pyridine rings is 1. The van der Waals surface area contributed by atoms with E-state index in [0.717, 1.165) is 36.5 Å². The zero-order valence-electron chi connectivity index (χ0n) is 22.9. The number of aromatic nitrogens is 3. The second-order valence-electron chi connectivity index (χ2n) is 8.02. The summed E-state index contributed by atoms with van der Waals surface area (Å²) in [6.07, 6.45) is 8.13. The van der Waals surface area contributed by atoms with Gasteiger partial charge in [0.05, 0.1) is 25.2 Å². The highest BCUT2D eigenvalue weighted by atomic mass is 16.7. The van der Waals surface area contributed by atoms with Crippen LogP contribution in [0.25, 0.3) is 22.2 Å². The molecule has 11 heteroatoms. The second-order valence-corrected chi connectivity index (χ2v) is 8.02. The maximum Gasteiger partial charge on any atom is 0.315 e. The summed E-state index contributed by atoms with van der Waals surface area (Å²) < 4.78 is 17.7. The lowest BCUT2D eigenvalue weighted by molar-refractivity contribution is -0.108. The van der Waals surface area contributed by atoms with E-state index in [-0.39, 0.29) is 11.8 Å². The van der Waals surface area contributed by atoms with Crippen molar-refractivity contribution in [2.24, 2.45) is 7.05 Å². The van der Waals surface area contributed by atoms with Crippen molar-refractivity contribution >= 4 is 29.0 Å². The van der Waals surface area contributed by atoms with Crippen LogP contribution in [0.4, 0.5) is 5.69 Å². The van der Waals surface area contributed by atoms with Gasteiger partial charge in [-0.15, -0.1) is 0 Å². The molecule has 2 amide bonds. The molecule has 0 N–H and O–H groups in total. The van der Waals surface area contributed by atoms with Crippen molar-refractivity contribution in [3.05, 3.63) is 30.4 Å². The monoisotopic (exact) mass is 517 g/mol. The molecule has 0 aliphatic carbocycles. The molecule has 0 bridgehead atoms. The largest absolute Gasteiger partial charge is 0.447 e. The predicted molar refractivity (Wildman–Crippen MR) is 141 cm³/mol. The van der Waals surface area contributed by atoms with Gasteiger partial charge >= 0.3 is 5.91 Å². The van der Waals surface area contributed by atoms with E-state index in [0.29, 0.717) is 42.0 Å². The minimum atomic E-state index is -0.492. The van der Waals surface area contributed by atoms with Gasteiger partial charge in [0.2, 0.25) is 12.2 Å². The maximum absolute atomic E-state index is 13.0. The van der Waals surface area contributed by atoms with Crippen molar-refractivity contribution in [2.45, 2.75) is 46.1 Å². The molecule has 0 spiro atoms. The average Bonchev–Trinajstić information content (AvgIpc) is 3.43. The van der Waals surface area contributed by atoms with Crippen LogP contribution in [0.15, 0.2) is 29.1 Å². The SMILES string of the molecule is CC.CCOC.CON(C)C(=O)c1oc2cnc(-c3cnn(C)c3)cc2c1N(C=O)C1CCCOCC1. The molecule has 204 valence electrons. The molecule has 1 atom stereocenters. The third-order valence-corrected chi connectivity index (χ3v) is 5.78. The Bertz CT molecular complexity index is 1120. The third kappa shape index (κ3) is 7.37. The zero-order valence-corrected chi connectivity index (χ0v) is 22.9. The van der Waals surface area contributed by atoms with E-state index in [1.54, 1.807) is 29.1 Å². The molecule has 1 aliphatic heterocycles. The Kier molecular flexibility index (Phi) is 12.2. The Balaban J connectivity index is 0.000000733. The molecule has 11 nitrogen and oxygen atoms in total. The van der Waals surface area contributed by atoms with Crippen molar-refractivity contribution in [3.8, 4) is 11.3 Å². The van der Waals surface area contributed by atoms with E-state index in [1.165, 1.54) is 14.2 Å². The van der Waals surface area contributed by atoms with E-state index in [4.69, 9.17) is 14.0 Å². The number of fused-ring (bicyclic) bond motifs is 1. The first kappa shape index (κ1) is 29.9. The number of amides is 2. The molecule has 3 aromatic rings. The van der Waals surface area contributed by atoms with E-state index in [9.17, 15) is 9.59 Å². The number of hydrogen-bond acceptors (Lipinski definition) is 8. The number of ether oxygens (including phenoxy) is 2. The number of furan rings is 1. The van der Waals surface area contributed by atoms with Crippen LogP contribution in [0.5, 0.6) is 0 Å². The van der Waals surface area contributed by atoms with Crippen LogP contribution in [0.2, 0.25) is 0 Å². The summed E-state index contributed by atoms with van der Waals surface area (Å²) in [5, 5.41) is 5.88. The molecule has 0 saturated carbocycles. The molecule has 4 rings (SSSR count). The van der Waals surface area contributed by atoms with Crippen LogP contribution in [0, 0.1) is 0 Å². The Hall–Kier alpha value is -3.28. The van der Waals surface area contributed by atoms with Crippen LogP contribution in [-0.2, 0) is 26.2 Å². The van der Waals surface area contributed by atoms with Gasteiger partial charge in [0, 0.05) is 64.2 Å². The van der Waals surface area contributed by atoms with Gasteiger partial charge in [0.25, 0.3) is 0 Å². The van der Waals surface area contributed by atoms with E-state index in [2.05, 4.69) is 14.8 Å². The number of aryl methyl sites for hydroxylation is 1. The first-order chi connectivity index (χ1) is 17.9. The van der Waals surface area contributed by atoms with Gasteiger partial charge in [-0.1, -0.05) is 13.8 Å². The standard InChI is InChI=1S/C21H25N5O5.C3H8O.C2H6/c1-24-12-14(10-23-24)17-9-16-18(11-22-17)31-20(21(28)25(2)29-3)19(16)26(13-27)15-5-4-7-30-8-6-15;1-3-4-2;1-2/h9-13,15H,4-8H2,1-3H3;3H2,1-2H3;1-2H3. The summed E-state index contributed by atoms with van der Waals surface area (Å²) in [6, 6.07) is 1.70. The topological polar surface area (TPSA) is 112 Å². The van der Waals surface area contributed by atoms with Gasteiger partial charge < -0.3 is 18.8 Å². The quantitative estimate of drug-likeness (QED) is 0.341. The Morgan fingerprint density at radius 2 is 1.97 bits per heavy atom. The molecule has 1 fully saturated rings. The molecule has 1 saturated heterocycles. The highest BCUT2D eigenvalue weighted by Crippen LogP contribution is 2.38. The summed E-state index contributed by atoms with van der Waals surface area (Å²) in [4.78, 5) is 36.4. The van der Waals surface area contributed by atoms with Crippen LogP contribution in [-0.4, -0.2) is 79.3 Å². The number of methoxy groups -OCH3 is 1. The fourth-order valence-electron chi connectivity index (χ4n) is 3.81. The first-order valence-electron chi connectivity index (χ1n) is 12.5. The number of carbonyl (C=O) groups is 2. The Labute approximate surface area is 218 Å². The molecule has 4 heterocycles. The van der Waals surface area contributed by atoms with E-state index < -0.39 is 5.91 Å². The Morgan fingerprint density at radius 3 is 2.57 bits per heavy atom. The molecule has 3 aromatic heterocycles. The highest BCUT2D eigenvalue weighted by molar-refractivity contribution is 6.09. The number of carbonyl (C=O) groups excluding carboxylic acids is 2. The molecule has 0 aromatic carbocycles. The van der Waals surface area contributed by atoms with E-state index in [1.807, 2.05) is 40.1 Å². The van der Waals surface area contributed by atoms with Crippen molar-refractivity contribution < 1.29 is 28.3 Å². The van der Waals surface area contributed by atoms with E-state index >= 15 is 0 Å². The average molecular weight is 518 g/mol. The van der Waals surface area contributed by atoms with Crippen molar-refractivity contribution in [3.63, 3.8) is 0 Å². The van der Waals surface area contributed by atoms with Gasteiger partial charge in [-0.05, 0) is 32.3 Å². The third-order valence-electron chi connectivity index (χ3n) is 5.78. The van der Waals surface area contributed by atoms with Gasteiger partial charge in [0.15, 0.2) is 5.58 Å². The minimum absolute atomic E-state index is 0.0294. The number of nitrogens with zero attached hydrogens (tertiary/aromatic N) is 5. The van der Waals surface area contributed by atoms with Crippen molar-refractivity contribution in [2.75, 3.05) is 46.0 Å². The van der Waals surface area contributed by atoms with Crippen LogP contribution in [0.1, 0.15) is 50.6 Å². The molecule has 0 radical (unpaired) electrons. The minimum Gasteiger partial charge on any atom is -0.447 e. The fourth-order valence-corrected chi connectivity index (χ4v) is 3.81. The Morgan fingerprint density at radius 1 is 1.24 bits per heavy atom. The molecular weight excluding hydrogens is 478 g/mol.